The van der Waals surface area contributed by atoms with Crippen molar-refractivity contribution in [2.24, 2.45) is 0 Å². The molecule has 1 saturated carbocycles. The Hall–Kier alpha value is -3.09. The molecule has 5 rings (SSSR count). The van der Waals surface area contributed by atoms with Crippen molar-refractivity contribution in [3.8, 4) is 11.3 Å². The number of para-hydroxylation sites is 1. The largest absolute Gasteiger partial charge is 0.399 e. The number of hydrogen-bond donors (Lipinski definition) is 3. The van der Waals surface area contributed by atoms with Gasteiger partial charge in [-0.1, -0.05) is 41.9 Å². The normalized spacial score (nSPS) is 18.7. The number of hydrogen-bond acceptors (Lipinski definition) is 5. The first kappa shape index (κ1) is 20.8. The molecule has 6 nitrogen and oxygen atoms in total. The molecule has 2 aromatic carbocycles. The van der Waals surface area contributed by atoms with E-state index in [1.54, 1.807) is 6.20 Å². The second-order valence-electron chi connectivity index (χ2n) is 8.31. The second kappa shape index (κ2) is 9.18. The standard InChI is InChI=1S/C25H26ClN5O/c26-22-14-29-25(31-24(22)21-13-28-23-7-2-1-6-20(21)23)30-18-8-10-19(11-9-18)32-15-16-4-3-5-17(27)12-16/h1-7,12-14,18-19,28H,8-11,15,27H2,(H,29,30,31)/t18-,19-. The number of benzene rings is 2. The van der Waals surface area contributed by atoms with Crippen molar-refractivity contribution in [1.82, 2.24) is 15.0 Å². The van der Waals surface area contributed by atoms with Crippen LogP contribution in [0.15, 0.2) is 60.9 Å². The van der Waals surface area contributed by atoms with Gasteiger partial charge in [0.15, 0.2) is 0 Å². The summed E-state index contributed by atoms with van der Waals surface area (Å²) in [5.41, 5.74) is 10.5. The van der Waals surface area contributed by atoms with Gasteiger partial charge in [-0.3, -0.25) is 0 Å². The van der Waals surface area contributed by atoms with Crippen LogP contribution >= 0.6 is 11.6 Å². The zero-order valence-electron chi connectivity index (χ0n) is 17.7. The van der Waals surface area contributed by atoms with E-state index in [1.807, 2.05) is 48.7 Å². The molecule has 2 aromatic heterocycles. The molecule has 1 aliphatic rings. The highest BCUT2D eigenvalue weighted by atomic mass is 35.5. The smallest absolute Gasteiger partial charge is 0.223 e. The number of aromatic nitrogens is 3. The molecule has 0 bridgehead atoms. The maximum Gasteiger partial charge on any atom is 0.223 e. The molecule has 0 radical (unpaired) electrons. The second-order valence-corrected chi connectivity index (χ2v) is 8.72. The van der Waals surface area contributed by atoms with Crippen LogP contribution < -0.4 is 11.1 Å². The van der Waals surface area contributed by atoms with Crippen LogP contribution in [0, 0.1) is 0 Å². The molecule has 32 heavy (non-hydrogen) atoms. The number of ether oxygens (including phenoxy) is 1. The van der Waals surface area contributed by atoms with Crippen LogP contribution in [0.25, 0.3) is 22.2 Å². The quantitative estimate of drug-likeness (QED) is 0.325. The molecule has 0 spiro atoms. The molecule has 4 N–H and O–H groups in total. The average Bonchev–Trinajstić information content (AvgIpc) is 3.24. The summed E-state index contributed by atoms with van der Waals surface area (Å²) in [6.45, 7) is 0.599. The molecule has 1 fully saturated rings. The van der Waals surface area contributed by atoms with E-state index in [0.29, 0.717) is 23.6 Å². The van der Waals surface area contributed by atoms with Gasteiger partial charge < -0.3 is 20.8 Å². The molecule has 0 aliphatic heterocycles. The summed E-state index contributed by atoms with van der Waals surface area (Å²) in [6.07, 6.45) is 7.92. The van der Waals surface area contributed by atoms with Crippen molar-refractivity contribution >= 4 is 34.1 Å². The number of halogens is 1. The topological polar surface area (TPSA) is 88.9 Å². The van der Waals surface area contributed by atoms with Gasteiger partial charge in [-0.15, -0.1) is 0 Å². The zero-order chi connectivity index (χ0) is 21.9. The SMILES string of the molecule is Nc1cccc(CO[C@H]2CC[C@H](Nc3ncc(Cl)c(-c4c[nH]c5ccccc45)n3)CC2)c1. The Bertz CT molecular complexity index is 1220. The molecule has 0 atom stereocenters. The highest BCUT2D eigenvalue weighted by molar-refractivity contribution is 6.33. The Morgan fingerprint density at radius 2 is 1.94 bits per heavy atom. The lowest BCUT2D eigenvalue weighted by molar-refractivity contribution is 0.0149. The van der Waals surface area contributed by atoms with Crippen molar-refractivity contribution < 1.29 is 4.74 Å². The van der Waals surface area contributed by atoms with Crippen LogP contribution in [0.5, 0.6) is 0 Å². The van der Waals surface area contributed by atoms with E-state index in [9.17, 15) is 0 Å². The molecule has 4 aromatic rings. The van der Waals surface area contributed by atoms with E-state index in [-0.39, 0.29) is 6.10 Å². The summed E-state index contributed by atoms with van der Waals surface area (Å²) in [4.78, 5) is 12.4. The Morgan fingerprint density at radius 1 is 1.09 bits per heavy atom. The minimum Gasteiger partial charge on any atom is -0.399 e. The Balaban J connectivity index is 1.21. The third kappa shape index (κ3) is 4.56. The highest BCUT2D eigenvalue weighted by Crippen LogP contribution is 2.33. The van der Waals surface area contributed by atoms with E-state index in [4.69, 9.17) is 27.1 Å². The minimum atomic E-state index is 0.266. The number of rotatable bonds is 6. The van der Waals surface area contributed by atoms with Gasteiger partial charge in [0.05, 0.1) is 29.6 Å². The van der Waals surface area contributed by atoms with Crippen LogP contribution in [0.1, 0.15) is 31.2 Å². The molecule has 1 aliphatic carbocycles. The fourth-order valence-electron chi connectivity index (χ4n) is 4.35. The van der Waals surface area contributed by atoms with Gasteiger partial charge in [0, 0.05) is 34.4 Å². The van der Waals surface area contributed by atoms with Gasteiger partial charge in [-0.2, -0.15) is 0 Å². The summed E-state index contributed by atoms with van der Waals surface area (Å²) in [6, 6.07) is 16.3. The molecular formula is C25H26ClN5O. The number of nitrogens with one attached hydrogen (secondary N) is 2. The zero-order valence-corrected chi connectivity index (χ0v) is 18.5. The number of aromatic amines is 1. The fraction of sp³-hybridized carbons (Fsp3) is 0.280. The Labute approximate surface area is 192 Å². The van der Waals surface area contributed by atoms with Crippen molar-refractivity contribution in [2.45, 2.75) is 44.4 Å². The monoisotopic (exact) mass is 447 g/mol. The molecule has 7 heteroatoms. The van der Waals surface area contributed by atoms with E-state index >= 15 is 0 Å². The predicted octanol–water partition coefficient (Wildman–Crippen LogP) is 5.80. The van der Waals surface area contributed by atoms with Gasteiger partial charge in [0.2, 0.25) is 5.95 Å². The summed E-state index contributed by atoms with van der Waals surface area (Å²) >= 11 is 6.45. The first-order valence-electron chi connectivity index (χ1n) is 11.0. The van der Waals surface area contributed by atoms with Crippen molar-refractivity contribution in [3.63, 3.8) is 0 Å². The van der Waals surface area contributed by atoms with Gasteiger partial charge in [-0.05, 0) is 49.4 Å². The third-order valence-corrected chi connectivity index (χ3v) is 6.31. The number of nitrogen functional groups attached to an aromatic ring is 1. The van der Waals surface area contributed by atoms with Crippen LogP contribution in [0.4, 0.5) is 11.6 Å². The van der Waals surface area contributed by atoms with Crippen LogP contribution in [-0.2, 0) is 11.3 Å². The maximum atomic E-state index is 6.45. The maximum absolute atomic E-state index is 6.45. The van der Waals surface area contributed by atoms with E-state index in [1.165, 1.54) is 0 Å². The summed E-state index contributed by atoms with van der Waals surface area (Å²) in [5, 5.41) is 5.13. The highest BCUT2D eigenvalue weighted by Gasteiger charge is 2.23. The van der Waals surface area contributed by atoms with E-state index in [0.717, 1.165) is 59.1 Å². The molecule has 0 saturated heterocycles. The van der Waals surface area contributed by atoms with Gasteiger partial charge >= 0.3 is 0 Å². The van der Waals surface area contributed by atoms with Gasteiger partial charge in [-0.25, -0.2) is 9.97 Å². The third-order valence-electron chi connectivity index (χ3n) is 6.03. The number of fused-ring (bicyclic) bond motifs is 1. The van der Waals surface area contributed by atoms with E-state index in [2.05, 4.69) is 21.4 Å². The average molecular weight is 448 g/mol. The molecule has 164 valence electrons. The number of nitrogens with two attached hydrogens (primary N) is 1. The Kier molecular flexibility index (Phi) is 5.97. The lowest BCUT2D eigenvalue weighted by Gasteiger charge is -2.29. The van der Waals surface area contributed by atoms with Crippen molar-refractivity contribution in [1.29, 1.82) is 0 Å². The summed E-state index contributed by atoms with van der Waals surface area (Å²) in [5.74, 6) is 0.610. The number of nitrogens with zero attached hydrogens (tertiary/aromatic N) is 2. The predicted molar refractivity (Wildman–Crippen MR) is 130 cm³/mol. The Morgan fingerprint density at radius 3 is 2.78 bits per heavy atom. The minimum absolute atomic E-state index is 0.266. The lowest BCUT2D eigenvalue weighted by atomic mass is 9.93. The van der Waals surface area contributed by atoms with Crippen LogP contribution in [0.2, 0.25) is 5.02 Å². The van der Waals surface area contributed by atoms with Crippen LogP contribution in [-0.4, -0.2) is 27.1 Å². The molecule has 0 unspecified atom stereocenters. The van der Waals surface area contributed by atoms with Crippen molar-refractivity contribution in [2.75, 3.05) is 11.1 Å². The lowest BCUT2D eigenvalue weighted by Crippen LogP contribution is -2.30. The van der Waals surface area contributed by atoms with Crippen molar-refractivity contribution in [3.05, 3.63) is 71.5 Å². The fourth-order valence-corrected chi connectivity index (χ4v) is 4.54. The van der Waals surface area contributed by atoms with E-state index < -0.39 is 0 Å². The van der Waals surface area contributed by atoms with Gasteiger partial charge in [0.25, 0.3) is 0 Å². The first-order valence-corrected chi connectivity index (χ1v) is 11.3. The van der Waals surface area contributed by atoms with Gasteiger partial charge in [0.1, 0.15) is 0 Å². The molecular weight excluding hydrogens is 422 g/mol. The van der Waals surface area contributed by atoms with Crippen LogP contribution in [0.3, 0.4) is 0 Å². The molecule has 2 heterocycles. The summed E-state index contributed by atoms with van der Waals surface area (Å²) in [7, 11) is 0. The number of H-pyrrole nitrogens is 1. The first-order chi connectivity index (χ1) is 15.7. The number of anilines is 2. The molecule has 0 amide bonds. The summed E-state index contributed by atoms with van der Waals surface area (Å²) < 4.78 is 6.11.